The largest absolute Gasteiger partial charge is 0.481 e. The first-order valence-corrected chi connectivity index (χ1v) is 6.15. The van der Waals surface area contributed by atoms with E-state index in [0.717, 1.165) is 17.0 Å². The quantitative estimate of drug-likeness (QED) is 0.751. The lowest BCUT2D eigenvalue weighted by Crippen LogP contribution is -2.07. The second-order valence-electron chi connectivity index (χ2n) is 4.29. The van der Waals surface area contributed by atoms with E-state index in [1.165, 1.54) is 0 Å². The molecule has 4 heteroatoms. The van der Waals surface area contributed by atoms with Crippen molar-refractivity contribution in [2.45, 2.75) is 5.92 Å². The fourth-order valence-corrected chi connectivity index (χ4v) is 2.34. The molecular weight excluding hydrogens is 238 g/mol. The van der Waals surface area contributed by atoms with Crippen LogP contribution in [0.3, 0.4) is 0 Å². The first kappa shape index (κ1) is 11.6. The highest BCUT2D eigenvalue weighted by Crippen LogP contribution is 2.34. The lowest BCUT2D eigenvalue weighted by Gasteiger charge is -2.17. The van der Waals surface area contributed by atoms with Gasteiger partial charge in [-0.05, 0) is 30.3 Å². The van der Waals surface area contributed by atoms with Gasteiger partial charge in [0.2, 0.25) is 5.88 Å². The maximum atomic E-state index is 5.38. The Morgan fingerprint density at radius 1 is 1.00 bits per heavy atom. The fourth-order valence-electron chi connectivity index (χ4n) is 2.34. The van der Waals surface area contributed by atoms with Gasteiger partial charge in [-0.15, -0.1) is 0 Å². The lowest BCUT2D eigenvalue weighted by molar-refractivity contribution is 0.391. The van der Waals surface area contributed by atoms with E-state index in [0.29, 0.717) is 5.88 Å². The topological polar surface area (TPSA) is 53.7 Å². The van der Waals surface area contributed by atoms with Crippen LogP contribution in [0.1, 0.15) is 22.9 Å². The van der Waals surface area contributed by atoms with E-state index >= 15 is 0 Å². The molecule has 0 amide bonds. The van der Waals surface area contributed by atoms with Crippen LogP contribution in [0.4, 0.5) is 0 Å². The van der Waals surface area contributed by atoms with E-state index < -0.39 is 0 Å². The molecule has 0 radical (unpaired) electrons. The molecule has 0 atom stereocenters. The van der Waals surface area contributed by atoms with Gasteiger partial charge in [0.1, 0.15) is 0 Å². The highest BCUT2D eigenvalue weighted by molar-refractivity contribution is 5.42. The zero-order chi connectivity index (χ0) is 13.1. The van der Waals surface area contributed by atoms with Gasteiger partial charge in [0.15, 0.2) is 0 Å². The molecule has 0 aromatic carbocycles. The molecule has 3 aromatic heterocycles. The smallest absolute Gasteiger partial charge is 0.217 e. The molecule has 0 saturated carbocycles. The molecule has 0 fully saturated rings. The third kappa shape index (κ3) is 2.12. The van der Waals surface area contributed by atoms with Crippen LogP contribution < -0.4 is 4.74 Å². The first-order chi connectivity index (χ1) is 9.40. The summed E-state index contributed by atoms with van der Waals surface area (Å²) in [5.41, 5.74) is 3.25. The second kappa shape index (κ2) is 5.02. The molecule has 0 unspecified atom stereocenters. The maximum Gasteiger partial charge on any atom is 0.217 e. The molecule has 3 rings (SSSR count). The van der Waals surface area contributed by atoms with Crippen molar-refractivity contribution in [1.82, 2.24) is 15.0 Å². The average Bonchev–Trinajstić information content (AvgIpc) is 3.13. The minimum atomic E-state index is 0.0636. The van der Waals surface area contributed by atoms with Crippen molar-refractivity contribution in [3.05, 3.63) is 71.9 Å². The predicted molar refractivity (Wildman–Crippen MR) is 73.3 cm³/mol. The van der Waals surface area contributed by atoms with E-state index in [9.17, 15) is 0 Å². The summed E-state index contributed by atoms with van der Waals surface area (Å²) in [6.45, 7) is 0. The van der Waals surface area contributed by atoms with Crippen molar-refractivity contribution in [2.24, 2.45) is 0 Å². The monoisotopic (exact) mass is 253 g/mol. The van der Waals surface area contributed by atoms with E-state index in [2.05, 4.69) is 27.1 Å². The number of methoxy groups -OCH3 is 1. The number of aromatic nitrogens is 3. The maximum absolute atomic E-state index is 5.38. The highest BCUT2D eigenvalue weighted by atomic mass is 16.5. The van der Waals surface area contributed by atoms with Crippen LogP contribution in [-0.2, 0) is 0 Å². The zero-order valence-corrected chi connectivity index (χ0v) is 10.6. The molecule has 0 aliphatic carbocycles. The van der Waals surface area contributed by atoms with Gasteiger partial charge in [-0.2, -0.15) is 0 Å². The summed E-state index contributed by atoms with van der Waals surface area (Å²) in [5.74, 6) is 0.713. The van der Waals surface area contributed by atoms with Gasteiger partial charge in [-0.1, -0.05) is 6.07 Å². The van der Waals surface area contributed by atoms with Gasteiger partial charge in [-0.3, -0.25) is 0 Å². The van der Waals surface area contributed by atoms with Crippen LogP contribution in [-0.4, -0.2) is 22.1 Å². The zero-order valence-electron chi connectivity index (χ0n) is 10.6. The molecule has 0 saturated heterocycles. The Morgan fingerprint density at radius 2 is 1.68 bits per heavy atom. The van der Waals surface area contributed by atoms with Gasteiger partial charge >= 0.3 is 0 Å². The van der Waals surface area contributed by atoms with Crippen LogP contribution in [0.15, 0.2) is 55.0 Å². The van der Waals surface area contributed by atoms with E-state index in [1.807, 2.05) is 36.7 Å². The van der Waals surface area contributed by atoms with Gasteiger partial charge in [0.05, 0.1) is 13.0 Å². The van der Waals surface area contributed by atoms with Crippen molar-refractivity contribution >= 4 is 0 Å². The first-order valence-electron chi connectivity index (χ1n) is 6.15. The summed E-state index contributed by atoms with van der Waals surface area (Å²) in [6, 6.07) is 12.1. The number of nitrogens with zero attached hydrogens (tertiary/aromatic N) is 1. The van der Waals surface area contributed by atoms with Crippen LogP contribution >= 0.6 is 0 Å². The van der Waals surface area contributed by atoms with E-state index in [-0.39, 0.29) is 5.92 Å². The lowest BCUT2D eigenvalue weighted by atomic mass is 9.93. The predicted octanol–water partition coefficient (Wildman–Crippen LogP) is 2.93. The van der Waals surface area contributed by atoms with Crippen LogP contribution in [0, 0.1) is 0 Å². The Kier molecular flexibility index (Phi) is 3.06. The number of nitrogens with one attached hydrogen (secondary N) is 2. The van der Waals surface area contributed by atoms with Gasteiger partial charge in [0, 0.05) is 35.5 Å². The number of hydrogen-bond acceptors (Lipinski definition) is 2. The molecule has 0 bridgehead atoms. The number of pyridine rings is 1. The molecule has 2 N–H and O–H groups in total. The number of H-pyrrole nitrogens is 2. The van der Waals surface area contributed by atoms with Crippen molar-refractivity contribution < 1.29 is 4.74 Å². The Hall–Kier alpha value is -2.49. The molecule has 19 heavy (non-hydrogen) atoms. The molecule has 96 valence electrons. The summed E-state index contributed by atoms with van der Waals surface area (Å²) in [4.78, 5) is 10.8. The molecule has 0 spiro atoms. The minimum absolute atomic E-state index is 0.0636. The number of aromatic amines is 2. The molecule has 0 aliphatic heterocycles. The van der Waals surface area contributed by atoms with E-state index in [4.69, 9.17) is 4.74 Å². The normalized spacial score (nSPS) is 10.8. The Bertz CT molecular complexity index is 595. The number of ether oxygens (including phenoxy) is 1. The SMILES string of the molecule is COc1ncccc1C(c1ccc[nH]1)c1ccc[nH]1. The average molecular weight is 253 g/mol. The Morgan fingerprint density at radius 3 is 2.21 bits per heavy atom. The van der Waals surface area contributed by atoms with Gasteiger partial charge in [0.25, 0.3) is 0 Å². The Balaban J connectivity index is 2.15. The molecule has 0 aliphatic rings. The molecule has 3 aromatic rings. The summed E-state index contributed by atoms with van der Waals surface area (Å²) in [7, 11) is 1.65. The Labute approximate surface area is 111 Å². The van der Waals surface area contributed by atoms with Crippen LogP contribution in [0.25, 0.3) is 0 Å². The van der Waals surface area contributed by atoms with E-state index in [1.54, 1.807) is 13.3 Å². The van der Waals surface area contributed by atoms with Crippen LogP contribution in [0.2, 0.25) is 0 Å². The fraction of sp³-hybridized carbons (Fsp3) is 0.133. The van der Waals surface area contributed by atoms with Gasteiger partial charge < -0.3 is 14.7 Å². The summed E-state index contributed by atoms with van der Waals surface area (Å²) >= 11 is 0. The number of hydrogen-bond donors (Lipinski definition) is 2. The third-order valence-corrected chi connectivity index (χ3v) is 3.17. The molecular formula is C15H15N3O. The van der Waals surface area contributed by atoms with Crippen molar-refractivity contribution in [3.8, 4) is 5.88 Å². The minimum Gasteiger partial charge on any atom is -0.481 e. The molecule has 3 heterocycles. The van der Waals surface area contributed by atoms with Crippen LogP contribution in [0.5, 0.6) is 5.88 Å². The van der Waals surface area contributed by atoms with Crippen molar-refractivity contribution in [1.29, 1.82) is 0 Å². The standard InChI is InChI=1S/C15H15N3O/c1-19-15-11(5-2-10-18-15)14(12-6-3-8-16-12)13-7-4-9-17-13/h2-10,14,16-17H,1H3. The highest BCUT2D eigenvalue weighted by Gasteiger charge is 2.22. The summed E-state index contributed by atoms with van der Waals surface area (Å²) in [5, 5.41) is 0. The number of rotatable bonds is 4. The summed E-state index contributed by atoms with van der Waals surface area (Å²) in [6.07, 6.45) is 5.59. The van der Waals surface area contributed by atoms with Crippen molar-refractivity contribution in [3.63, 3.8) is 0 Å². The van der Waals surface area contributed by atoms with Gasteiger partial charge in [-0.25, -0.2) is 4.98 Å². The molecule has 4 nitrogen and oxygen atoms in total. The van der Waals surface area contributed by atoms with Crippen molar-refractivity contribution in [2.75, 3.05) is 7.11 Å². The second-order valence-corrected chi connectivity index (χ2v) is 4.29. The summed E-state index contributed by atoms with van der Waals surface area (Å²) < 4.78 is 5.38. The third-order valence-electron chi connectivity index (χ3n) is 3.17.